The lowest BCUT2D eigenvalue weighted by atomic mass is 10.1. The number of benzene rings is 1. The molecule has 0 saturated carbocycles. The van der Waals surface area contributed by atoms with E-state index in [9.17, 15) is 4.79 Å². The lowest BCUT2D eigenvalue weighted by Crippen LogP contribution is -2.33. The van der Waals surface area contributed by atoms with E-state index in [4.69, 9.17) is 0 Å². The van der Waals surface area contributed by atoms with Gasteiger partial charge in [-0.05, 0) is 23.8 Å². The van der Waals surface area contributed by atoms with Gasteiger partial charge in [0.15, 0.2) is 18.9 Å². The van der Waals surface area contributed by atoms with Crippen LogP contribution in [0.1, 0.15) is 21.6 Å². The van der Waals surface area contributed by atoms with Crippen LogP contribution >= 0.6 is 0 Å². The molecule has 23 heavy (non-hydrogen) atoms. The lowest BCUT2D eigenvalue weighted by molar-refractivity contribution is -0.688. The average Bonchev–Trinajstić information content (AvgIpc) is 3.14. The maximum atomic E-state index is 12.3. The number of fused-ring (bicyclic) bond motifs is 1. The number of nitrogens with zero attached hydrogens (tertiary/aromatic N) is 2. The second-order valence-electron chi connectivity index (χ2n) is 5.81. The molecule has 0 fully saturated rings. The van der Waals surface area contributed by atoms with Crippen LogP contribution in [0.5, 0.6) is 0 Å². The van der Waals surface area contributed by atoms with Crippen molar-refractivity contribution in [1.29, 1.82) is 0 Å². The largest absolute Gasteiger partial charge is 0.340 e. The fourth-order valence-corrected chi connectivity index (χ4v) is 2.96. The van der Waals surface area contributed by atoms with E-state index < -0.39 is 0 Å². The van der Waals surface area contributed by atoms with Gasteiger partial charge in [-0.25, -0.2) is 4.57 Å². The first-order valence-corrected chi connectivity index (χ1v) is 7.73. The van der Waals surface area contributed by atoms with Gasteiger partial charge in [0.25, 0.3) is 0 Å². The topological polar surface area (TPSA) is 25.9 Å². The second kappa shape index (κ2) is 5.69. The first-order valence-electron chi connectivity index (χ1n) is 7.73. The van der Waals surface area contributed by atoms with Gasteiger partial charge in [0.2, 0.25) is 5.78 Å². The summed E-state index contributed by atoms with van der Waals surface area (Å²) in [6.45, 7) is 1.52. The zero-order valence-electron chi connectivity index (χ0n) is 12.7. The van der Waals surface area contributed by atoms with Gasteiger partial charge in [-0.2, -0.15) is 0 Å². The predicted molar refractivity (Wildman–Crippen MR) is 88.9 cm³/mol. The van der Waals surface area contributed by atoms with Crippen molar-refractivity contribution in [3.05, 3.63) is 95.6 Å². The minimum Gasteiger partial charge on any atom is -0.340 e. The molecule has 0 amide bonds. The summed E-state index contributed by atoms with van der Waals surface area (Å²) in [5.74, 6) is 0.135. The SMILES string of the molecule is O=C1/C(=C\c2cc[n+](Cc3ccccc3)cc2)Cn2cccc21. The van der Waals surface area contributed by atoms with Gasteiger partial charge in [-0.15, -0.1) is 0 Å². The quantitative estimate of drug-likeness (QED) is 0.539. The Morgan fingerprint density at radius 1 is 1.00 bits per heavy atom. The van der Waals surface area contributed by atoms with Gasteiger partial charge in [-0.1, -0.05) is 30.3 Å². The molecule has 3 aromatic rings. The van der Waals surface area contributed by atoms with E-state index in [1.54, 1.807) is 0 Å². The van der Waals surface area contributed by atoms with Crippen molar-refractivity contribution in [2.45, 2.75) is 13.1 Å². The third-order valence-electron chi connectivity index (χ3n) is 4.16. The Morgan fingerprint density at radius 2 is 1.78 bits per heavy atom. The Hall–Kier alpha value is -2.94. The minimum absolute atomic E-state index is 0.135. The summed E-state index contributed by atoms with van der Waals surface area (Å²) in [4.78, 5) is 12.3. The highest BCUT2D eigenvalue weighted by atomic mass is 16.1. The van der Waals surface area contributed by atoms with Crippen LogP contribution in [0.2, 0.25) is 0 Å². The molecule has 112 valence electrons. The number of pyridine rings is 1. The minimum atomic E-state index is 0.135. The van der Waals surface area contributed by atoms with Crippen molar-refractivity contribution in [2.24, 2.45) is 0 Å². The van der Waals surface area contributed by atoms with Crippen molar-refractivity contribution in [1.82, 2.24) is 4.57 Å². The first-order chi connectivity index (χ1) is 11.3. The molecule has 3 heterocycles. The number of carbonyl (C=O) groups is 1. The van der Waals surface area contributed by atoms with E-state index in [0.717, 1.165) is 23.4 Å². The van der Waals surface area contributed by atoms with Crippen LogP contribution in [0, 0.1) is 0 Å². The summed E-state index contributed by atoms with van der Waals surface area (Å²) in [7, 11) is 0. The number of hydrogen-bond acceptors (Lipinski definition) is 1. The van der Waals surface area contributed by atoms with Crippen molar-refractivity contribution in [3.8, 4) is 0 Å². The van der Waals surface area contributed by atoms with E-state index >= 15 is 0 Å². The maximum absolute atomic E-state index is 12.3. The number of rotatable bonds is 3. The Balaban J connectivity index is 1.52. The van der Waals surface area contributed by atoms with Crippen LogP contribution in [-0.2, 0) is 13.1 Å². The third kappa shape index (κ3) is 2.73. The standard InChI is InChI=1S/C20H17N2O/c23-20-18(15-22-10-4-7-19(20)22)13-16-8-11-21(12-9-16)14-17-5-2-1-3-6-17/h1-13H,14-15H2/q+1/b18-13-. The molecule has 0 N–H and O–H groups in total. The van der Waals surface area contributed by atoms with Gasteiger partial charge >= 0.3 is 0 Å². The Bertz CT molecular complexity index is 874. The molecule has 0 spiro atoms. The predicted octanol–water partition coefficient (Wildman–Crippen LogP) is 3.10. The Morgan fingerprint density at radius 3 is 2.52 bits per heavy atom. The average molecular weight is 301 g/mol. The molecule has 0 bridgehead atoms. The lowest BCUT2D eigenvalue weighted by Gasteiger charge is -1.99. The van der Waals surface area contributed by atoms with Gasteiger partial charge in [0.05, 0.1) is 12.2 Å². The number of allylic oxidation sites excluding steroid dienone is 1. The molecule has 0 radical (unpaired) electrons. The number of hydrogen-bond donors (Lipinski definition) is 0. The van der Waals surface area contributed by atoms with E-state index in [1.807, 2.05) is 35.0 Å². The van der Waals surface area contributed by atoms with Crippen LogP contribution in [0.15, 0.2) is 78.8 Å². The fraction of sp³-hybridized carbons (Fsp3) is 0.100. The summed E-state index contributed by atoms with van der Waals surface area (Å²) >= 11 is 0. The monoisotopic (exact) mass is 301 g/mol. The van der Waals surface area contributed by atoms with E-state index in [-0.39, 0.29) is 5.78 Å². The molecular weight excluding hydrogens is 284 g/mol. The van der Waals surface area contributed by atoms with Crippen LogP contribution in [0.25, 0.3) is 6.08 Å². The molecule has 1 aliphatic rings. The number of aromatic nitrogens is 2. The van der Waals surface area contributed by atoms with Crippen LogP contribution in [0.4, 0.5) is 0 Å². The zero-order valence-corrected chi connectivity index (χ0v) is 12.7. The summed E-state index contributed by atoms with van der Waals surface area (Å²) in [5, 5.41) is 0. The molecule has 0 unspecified atom stereocenters. The van der Waals surface area contributed by atoms with Gasteiger partial charge < -0.3 is 4.57 Å². The molecule has 3 heteroatoms. The Labute approximate surface area is 135 Å². The summed E-state index contributed by atoms with van der Waals surface area (Å²) in [5.41, 5.74) is 3.96. The molecule has 3 nitrogen and oxygen atoms in total. The Kier molecular flexibility index (Phi) is 3.39. The molecule has 2 aromatic heterocycles. The van der Waals surface area contributed by atoms with Crippen molar-refractivity contribution in [3.63, 3.8) is 0 Å². The molecule has 1 aromatic carbocycles. The molecule has 0 saturated heterocycles. The molecule has 0 aliphatic carbocycles. The highest BCUT2D eigenvalue weighted by molar-refractivity contribution is 6.12. The summed E-state index contributed by atoms with van der Waals surface area (Å²) < 4.78 is 4.13. The van der Waals surface area contributed by atoms with Gasteiger partial charge in [-0.3, -0.25) is 4.79 Å². The van der Waals surface area contributed by atoms with E-state index in [2.05, 4.69) is 53.4 Å². The highest BCUT2D eigenvalue weighted by Gasteiger charge is 2.23. The first kappa shape index (κ1) is 13.7. The molecule has 4 rings (SSSR count). The summed E-state index contributed by atoms with van der Waals surface area (Å²) in [6.07, 6.45) is 8.05. The smallest absolute Gasteiger partial charge is 0.207 e. The van der Waals surface area contributed by atoms with Crippen LogP contribution in [0.3, 0.4) is 0 Å². The van der Waals surface area contributed by atoms with Crippen molar-refractivity contribution >= 4 is 11.9 Å². The van der Waals surface area contributed by atoms with Crippen LogP contribution < -0.4 is 4.57 Å². The van der Waals surface area contributed by atoms with Crippen molar-refractivity contribution in [2.75, 3.05) is 0 Å². The van der Waals surface area contributed by atoms with Crippen molar-refractivity contribution < 1.29 is 9.36 Å². The highest BCUT2D eigenvalue weighted by Crippen LogP contribution is 2.22. The molecular formula is C20H17N2O+. The zero-order chi connectivity index (χ0) is 15.6. The summed E-state index contributed by atoms with van der Waals surface area (Å²) in [6, 6.07) is 18.3. The number of Topliss-reactive ketones (excluding diaryl/α,β-unsaturated/α-hetero) is 1. The normalized spacial score (nSPS) is 15.1. The number of ketones is 1. The fourth-order valence-electron chi connectivity index (χ4n) is 2.96. The van der Waals surface area contributed by atoms with E-state index in [1.165, 1.54) is 5.56 Å². The third-order valence-corrected chi connectivity index (χ3v) is 4.16. The van der Waals surface area contributed by atoms with Gasteiger partial charge in [0, 0.05) is 29.5 Å². The number of carbonyl (C=O) groups excluding carboxylic acids is 1. The molecule has 1 aliphatic heterocycles. The van der Waals surface area contributed by atoms with Crippen LogP contribution in [-0.4, -0.2) is 10.4 Å². The van der Waals surface area contributed by atoms with Gasteiger partial charge in [0.1, 0.15) is 0 Å². The van der Waals surface area contributed by atoms with E-state index in [0.29, 0.717) is 6.54 Å². The maximum Gasteiger partial charge on any atom is 0.207 e. The second-order valence-corrected chi connectivity index (χ2v) is 5.81. The molecule has 0 atom stereocenters.